The van der Waals surface area contributed by atoms with E-state index in [9.17, 15) is 0 Å². The molecule has 0 bridgehead atoms. The summed E-state index contributed by atoms with van der Waals surface area (Å²) in [6.45, 7) is 2.14. The van der Waals surface area contributed by atoms with E-state index in [1.807, 2.05) is 12.3 Å². The maximum absolute atomic E-state index is 4.83. The molecule has 0 N–H and O–H groups in total. The Morgan fingerprint density at radius 3 is 1.47 bits per heavy atom. The Hall–Kier alpha value is -6.31. The quantitative estimate of drug-likeness (QED) is 0.174. The predicted octanol–water partition coefficient (Wildman–Crippen LogP) is 13.2. The molecule has 0 radical (unpaired) electrons. The maximum Gasteiger partial charge on any atom is 0.0702 e. The van der Waals surface area contributed by atoms with Gasteiger partial charge in [0.2, 0.25) is 0 Å². The molecule has 0 unspecified atom stereocenters. The Kier molecular flexibility index (Phi) is 7.10. The highest BCUT2D eigenvalue weighted by Gasteiger charge is 2.19. The van der Waals surface area contributed by atoms with Crippen molar-refractivity contribution >= 4 is 32.3 Å². The molecule has 0 spiro atoms. The lowest BCUT2D eigenvalue weighted by molar-refractivity contribution is 1.33. The second-order valence-electron chi connectivity index (χ2n) is 12.8. The van der Waals surface area contributed by atoms with Crippen molar-refractivity contribution < 1.29 is 0 Å². The molecular formula is C48H33N. The zero-order valence-corrected chi connectivity index (χ0v) is 27.3. The first kappa shape index (κ1) is 28.9. The second kappa shape index (κ2) is 12.0. The molecule has 0 amide bonds. The summed E-state index contributed by atoms with van der Waals surface area (Å²) in [6.07, 6.45) is 1.99. The van der Waals surface area contributed by atoms with Crippen LogP contribution in [-0.4, -0.2) is 4.98 Å². The highest BCUT2D eigenvalue weighted by atomic mass is 14.7. The fraction of sp³-hybridized carbons (Fsp3) is 0.0208. The fourth-order valence-corrected chi connectivity index (χ4v) is 7.43. The summed E-state index contributed by atoms with van der Waals surface area (Å²) in [7, 11) is 0. The molecule has 0 atom stereocenters. The monoisotopic (exact) mass is 623 g/mol. The van der Waals surface area contributed by atoms with Gasteiger partial charge in [0.25, 0.3) is 0 Å². The second-order valence-corrected chi connectivity index (χ2v) is 12.8. The van der Waals surface area contributed by atoms with Crippen LogP contribution in [-0.2, 0) is 0 Å². The number of rotatable bonds is 5. The topological polar surface area (TPSA) is 12.9 Å². The smallest absolute Gasteiger partial charge is 0.0702 e. The zero-order chi connectivity index (χ0) is 32.7. The van der Waals surface area contributed by atoms with Crippen LogP contribution in [0.15, 0.2) is 182 Å². The predicted molar refractivity (Wildman–Crippen MR) is 209 cm³/mol. The van der Waals surface area contributed by atoms with Gasteiger partial charge in [-0.1, -0.05) is 169 Å². The van der Waals surface area contributed by atoms with Crippen molar-refractivity contribution in [3.05, 3.63) is 188 Å². The van der Waals surface area contributed by atoms with E-state index < -0.39 is 0 Å². The third-order valence-electron chi connectivity index (χ3n) is 9.81. The molecule has 8 aromatic carbocycles. The lowest BCUT2D eigenvalue weighted by atomic mass is 9.83. The van der Waals surface area contributed by atoms with Gasteiger partial charge in [-0.2, -0.15) is 0 Å². The molecule has 230 valence electrons. The summed E-state index contributed by atoms with van der Waals surface area (Å²) < 4.78 is 0. The summed E-state index contributed by atoms with van der Waals surface area (Å²) >= 11 is 0. The van der Waals surface area contributed by atoms with Crippen LogP contribution in [0.3, 0.4) is 0 Å². The third-order valence-corrected chi connectivity index (χ3v) is 9.81. The number of aromatic nitrogens is 1. The van der Waals surface area contributed by atoms with Crippen molar-refractivity contribution in [2.75, 3.05) is 0 Å². The molecule has 0 fully saturated rings. The van der Waals surface area contributed by atoms with Crippen molar-refractivity contribution in [3.63, 3.8) is 0 Å². The molecule has 1 aromatic heterocycles. The number of benzene rings is 8. The van der Waals surface area contributed by atoms with E-state index in [-0.39, 0.29) is 0 Å². The van der Waals surface area contributed by atoms with Crippen LogP contribution in [0.4, 0.5) is 0 Å². The van der Waals surface area contributed by atoms with Gasteiger partial charge >= 0.3 is 0 Å². The summed E-state index contributed by atoms with van der Waals surface area (Å²) in [5, 5.41) is 7.53. The molecule has 1 nitrogen and oxygen atoms in total. The number of pyridine rings is 1. The first-order chi connectivity index (χ1) is 24.2. The van der Waals surface area contributed by atoms with Gasteiger partial charge in [-0.15, -0.1) is 0 Å². The van der Waals surface area contributed by atoms with Gasteiger partial charge in [-0.25, -0.2) is 0 Å². The van der Waals surface area contributed by atoms with Gasteiger partial charge in [0.1, 0.15) is 0 Å². The van der Waals surface area contributed by atoms with E-state index >= 15 is 0 Å². The van der Waals surface area contributed by atoms with Crippen LogP contribution in [0.5, 0.6) is 0 Å². The Morgan fingerprint density at radius 1 is 0.327 bits per heavy atom. The Bertz CT molecular complexity index is 2580. The van der Waals surface area contributed by atoms with Crippen LogP contribution >= 0.6 is 0 Å². The molecule has 0 saturated heterocycles. The summed E-state index contributed by atoms with van der Waals surface area (Å²) in [5.74, 6) is 0. The van der Waals surface area contributed by atoms with Gasteiger partial charge < -0.3 is 0 Å². The molecule has 0 aliphatic carbocycles. The Labute approximate surface area is 286 Å². The van der Waals surface area contributed by atoms with Gasteiger partial charge in [0, 0.05) is 17.3 Å². The SMILES string of the molecule is Cc1ccc(-c2ccc(-c3c4ccccc4c(-c4cccc(-c5ccc(-c6ccccc6)nc5)c4)c4ccccc34)c3ccccc23)cc1. The van der Waals surface area contributed by atoms with Crippen molar-refractivity contribution in [3.8, 4) is 55.8 Å². The largest absolute Gasteiger partial charge is 0.256 e. The highest BCUT2D eigenvalue weighted by molar-refractivity contribution is 6.24. The average Bonchev–Trinajstić information content (AvgIpc) is 3.17. The Morgan fingerprint density at radius 2 is 0.837 bits per heavy atom. The van der Waals surface area contributed by atoms with E-state index in [1.165, 1.54) is 71.3 Å². The minimum Gasteiger partial charge on any atom is -0.256 e. The number of hydrogen-bond acceptors (Lipinski definition) is 1. The minimum atomic E-state index is 0.979. The zero-order valence-electron chi connectivity index (χ0n) is 27.3. The summed E-state index contributed by atoms with van der Waals surface area (Å²) in [5.41, 5.74) is 13.1. The maximum atomic E-state index is 4.83. The Balaban J connectivity index is 1.24. The van der Waals surface area contributed by atoms with E-state index in [2.05, 4.69) is 177 Å². The lowest BCUT2D eigenvalue weighted by Gasteiger charge is -2.20. The third kappa shape index (κ3) is 5.08. The van der Waals surface area contributed by atoms with Crippen LogP contribution in [0.2, 0.25) is 0 Å². The first-order valence-corrected chi connectivity index (χ1v) is 16.9. The first-order valence-electron chi connectivity index (χ1n) is 16.9. The van der Waals surface area contributed by atoms with Gasteiger partial charge in [-0.3, -0.25) is 4.98 Å². The van der Waals surface area contributed by atoms with Crippen molar-refractivity contribution in [1.29, 1.82) is 0 Å². The molecule has 1 heteroatoms. The molecule has 9 rings (SSSR count). The molecule has 0 aliphatic heterocycles. The van der Waals surface area contributed by atoms with Crippen LogP contribution in [0, 0.1) is 6.92 Å². The van der Waals surface area contributed by atoms with Crippen LogP contribution in [0.1, 0.15) is 5.56 Å². The number of nitrogens with zero attached hydrogens (tertiary/aromatic N) is 1. The van der Waals surface area contributed by atoms with E-state index in [4.69, 9.17) is 4.98 Å². The minimum absolute atomic E-state index is 0.979. The van der Waals surface area contributed by atoms with E-state index in [0.717, 1.165) is 22.4 Å². The number of hydrogen-bond donors (Lipinski definition) is 0. The normalized spacial score (nSPS) is 11.4. The molecule has 49 heavy (non-hydrogen) atoms. The molecule has 1 heterocycles. The van der Waals surface area contributed by atoms with Gasteiger partial charge in [0.15, 0.2) is 0 Å². The average molecular weight is 624 g/mol. The summed E-state index contributed by atoms with van der Waals surface area (Å²) in [6, 6.07) is 63.7. The molecule has 0 aliphatic rings. The number of aryl methyl sites for hydroxylation is 1. The van der Waals surface area contributed by atoms with E-state index in [0.29, 0.717) is 0 Å². The van der Waals surface area contributed by atoms with Gasteiger partial charge in [0.05, 0.1) is 5.69 Å². The summed E-state index contributed by atoms with van der Waals surface area (Å²) in [4.78, 5) is 4.83. The number of fused-ring (bicyclic) bond motifs is 3. The lowest BCUT2D eigenvalue weighted by Crippen LogP contribution is -1.93. The van der Waals surface area contributed by atoms with Crippen molar-refractivity contribution in [2.45, 2.75) is 6.92 Å². The molecule has 9 aromatic rings. The van der Waals surface area contributed by atoms with Crippen LogP contribution in [0.25, 0.3) is 88.1 Å². The fourth-order valence-electron chi connectivity index (χ4n) is 7.43. The van der Waals surface area contributed by atoms with Crippen molar-refractivity contribution in [2.24, 2.45) is 0 Å². The van der Waals surface area contributed by atoms with Crippen LogP contribution < -0.4 is 0 Å². The molecular weight excluding hydrogens is 591 g/mol. The highest BCUT2D eigenvalue weighted by Crippen LogP contribution is 2.46. The van der Waals surface area contributed by atoms with Crippen molar-refractivity contribution in [1.82, 2.24) is 4.98 Å². The van der Waals surface area contributed by atoms with Gasteiger partial charge in [-0.05, 0) is 90.3 Å². The standard InChI is InChI=1S/C48H33N/c1-32-22-24-33(25-23-32)38-27-28-45(40-17-6-5-16-39(38)40)48-43-20-9-7-18-41(43)47(42-19-8-10-21-44(42)48)36-15-11-14-35(30-36)37-26-29-46(49-31-37)34-12-3-2-4-13-34/h2-31H,1H3. The molecule has 0 saturated carbocycles. The van der Waals surface area contributed by atoms with E-state index in [1.54, 1.807) is 0 Å².